The number of nitrogens with one attached hydrogen (secondary N) is 1. The van der Waals surface area contributed by atoms with Crippen molar-refractivity contribution in [1.29, 1.82) is 0 Å². The largest absolute Gasteiger partial charge is 0.480 e. The molecule has 1 aliphatic heterocycles. The molecule has 0 aliphatic carbocycles. The Hall–Kier alpha value is -2.58. The van der Waals surface area contributed by atoms with Crippen LogP contribution in [0.2, 0.25) is 0 Å². The van der Waals surface area contributed by atoms with E-state index >= 15 is 0 Å². The predicted molar refractivity (Wildman–Crippen MR) is 72.4 cm³/mol. The molecule has 1 aromatic rings. The van der Waals surface area contributed by atoms with E-state index in [4.69, 9.17) is 10.8 Å². The normalized spacial score (nSPS) is 18.3. The van der Waals surface area contributed by atoms with Crippen molar-refractivity contribution in [1.82, 2.24) is 14.7 Å². The Morgan fingerprint density at radius 1 is 1.43 bits per heavy atom. The second-order valence-corrected chi connectivity index (χ2v) is 4.86. The smallest absolute Gasteiger partial charge is 0.325 e. The Balaban J connectivity index is 2.01. The fraction of sp³-hybridized carbons (Fsp3) is 0.500. The van der Waals surface area contributed by atoms with Crippen molar-refractivity contribution in [3.63, 3.8) is 0 Å². The number of carboxylic acid groups (broad SMARTS) is 1. The van der Waals surface area contributed by atoms with Crippen molar-refractivity contribution in [2.75, 3.05) is 11.9 Å². The van der Waals surface area contributed by atoms with Gasteiger partial charge in [-0.1, -0.05) is 0 Å². The van der Waals surface area contributed by atoms with E-state index in [0.29, 0.717) is 18.7 Å². The van der Waals surface area contributed by atoms with E-state index in [0.717, 1.165) is 12.8 Å². The number of urea groups is 1. The maximum Gasteiger partial charge on any atom is 0.325 e. The number of likely N-dealkylation sites (tertiary alicyclic amines) is 1. The van der Waals surface area contributed by atoms with Gasteiger partial charge in [-0.15, -0.1) is 0 Å². The van der Waals surface area contributed by atoms with Crippen LogP contribution >= 0.6 is 0 Å². The average molecular weight is 295 g/mol. The summed E-state index contributed by atoms with van der Waals surface area (Å²) in [5.41, 5.74) is 5.68. The SMILES string of the molecule is NC(=O)C1CCCCN1C(=O)Nc1cnn(CC(=O)O)c1. The molecular weight excluding hydrogens is 278 g/mol. The van der Waals surface area contributed by atoms with E-state index in [9.17, 15) is 14.4 Å². The number of hydrogen-bond acceptors (Lipinski definition) is 4. The molecule has 1 aliphatic rings. The zero-order chi connectivity index (χ0) is 15.4. The van der Waals surface area contributed by atoms with Crippen molar-refractivity contribution in [3.05, 3.63) is 12.4 Å². The van der Waals surface area contributed by atoms with Crippen molar-refractivity contribution in [2.45, 2.75) is 31.8 Å². The van der Waals surface area contributed by atoms with Crippen LogP contribution in [-0.4, -0.2) is 50.3 Å². The zero-order valence-corrected chi connectivity index (χ0v) is 11.4. The standard InChI is InChI=1S/C12H17N5O4/c13-11(20)9-3-1-2-4-17(9)12(21)15-8-5-14-16(6-8)7-10(18)19/h5-6,9H,1-4,7H2,(H2,13,20)(H,15,21)(H,18,19). The minimum Gasteiger partial charge on any atom is -0.480 e. The molecule has 4 N–H and O–H groups in total. The van der Waals surface area contributed by atoms with Gasteiger partial charge in [-0.2, -0.15) is 5.10 Å². The average Bonchev–Trinajstić information content (AvgIpc) is 2.85. The van der Waals surface area contributed by atoms with Crippen molar-refractivity contribution in [2.24, 2.45) is 5.73 Å². The Bertz CT molecular complexity index is 556. The van der Waals surface area contributed by atoms with Gasteiger partial charge < -0.3 is 21.1 Å². The highest BCUT2D eigenvalue weighted by Gasteiger charge is 2.30. The lowest BCUT2D eigenvalue weighted by Crippen LogP contribution is -2.51. The van der Waals surface area contributed by atoms with Gasteiger partial charge in [-0.05, 0) is 19.3 Å². The Kier molecular flexibility index (Phi) is 4.41. The number of aromatic nitrogens is 2. The molecule has 21 heavy (non-hydrogen) atoms. The summed E-state index contributed by atoms with van der Waals surface area (Å²) < 4.78 is 1.19. The van der Waals surface area contributed by atoms with Gasteiger partial charge in [0.15, 0.2) is 0 Å². The number of carbonyl (C=O) groups excluding carboxylic acids is 2. The highest BCUT2D eigenvalue weighted by Crippen LogP contribution is 2.18. The third kappa shape index (κ3) is 3.71. The van der Waals surface area contributed by atoms with Gasteiger partial charge in [0.1, 0.15) is 12.6 Å². The van der Waals surface area contributed by atoms with E-state index in [-0.39, 0.29) is 6.54 Å². The van der Waals surface area contributed by atoms with Crippen LogP contribution < -0.4 is 11.1 Å². The van der Waals surface area contributed by atoms with Crippen LogP contribution in [0, 0.1) is 0 Å². The number of rotatable bonds is 4. The molecule has 1 aromatic heterocycles. The molecule has 0 spiro atoms. The van der Waals surface area contributed by atoms with Gasteiger partial charge in [0.2, 0.25) is 5.91 Å². The molecule has 1 fully saturated rings. The summed E-state index contributed by atoms with van der Waals surface area (Å²) in [5, 5.41) is 15.1. The molecule has 1 atom stereocenters. The van der Waals surface area contributed by atoms with Crippen molar-refractivity contribution >= 4 is 23.6 Å². The van der Waals surface area contributed by atoms with Crippen LogP contribution in [-0.2, 0) is 16.1 Å². The molecule has 2 rings (SSSR count). The number of anilines is 1. The first-order chi connectivity index (χ1) is 9.97. The number of aliphatic carboxylic acids is 1. The zero-order valence-electron chi connectivity index (χ0n) is 11.4. The molecule has 0 saturated carbocycles. The molecule has 114 valence electrons. The number of amides is 3. The third-order valence-corrected chi connectivity index (χ3v) is 3.27. The molecule has 1 saturated heterocycles. The maximum atomic E-state index is 12.2. The number of carboxylic acids is 1. The van der Waals surface area contributed by atoms with Crippen LogP contribution in [0.25, 0.3) is 0 Å². The van der Waals surface area contributed by atoms with Gasteiger partial charge in [0.05, 0.1) is 11.9 Å². The van der Waals surface area contributed by atoms with Crippen LogP contribution in [0.4, 0.5) is 10.5 Å². The maximum absolute atomic E-state index is 12.2. The van der Waals surface area contributed by atoms with Crippen molar-refractivity contribution < 1.29 is 19.5 Å². The third-order valence-electron chi connectivity index (χ3n) is 3.27. The van der Waals surface area contributed by atoms with Gasteiger partial charge >= 0.3 is 12.0 Å². The lowest BCUT2D eigenvalue weighted by Gasteiger charge is -2.33. The number of primary amides is 1. The summed E-state index contributed by atoms with van der Waals surface area (Å²) in [6.07, 6.45) is 4.99. The molecule has 0 aromatic carbocycles. The van der Waals surface area contributed by atoms with E-state index < -0.39 is 23.9 Å². The summed E-state index contributed by atoms with van der Waals surface area (Å²) in [5.74, 6) is -1.55. The first-order valence-electron chi connectivity index (χ1n) is 6.58. The molecular formula is C12H17N5O4. The van der Waals surface area contributed by atoms with E-state index in [1.165, 1.54) is 22.0 Å². The van der Waals surface area contributed by atoms with E-state index in [2.05, 4.69) is 10.4 Å². The molecule has 0 bridgehead atoms. The van der Waals surface area contributed by atoms with Crippen LogP contribution in [0.15, 0.2) is 12.4 Å². The summed E-state index contributed by atoms with van der Waals surface area (Å²) in [7, 11) is 0. The summed E-state index contributed by atoms with van der Waals surface area (Å²) >= 11 is 0. The molecule has 9 heteroatoms. The van der Waals surface area contributed by atoms with Crippen LogP contribution in [0.3, 0.4) is 0 Å². The number of nitrogens with zero attached hydrogens (tertiary/aromatic N) is 3. The van der Waals surface area contributed by atoms with Gasteiger partial charge in [-0.3, -0.25) is 14.3 Å². The number of nitrogens with two attached hydrogens (primary N) is 1. The van der Waals surface area contributed by atoms with Gasteiger partial charge in [0.25, 0.3) is 0 Å². The predicted octanol–water partition coefficient (Wildman–Crippen LogP) is -0.161. The molecule has 3 amide bonds. The van der Waals surface area contributed by atoms with Crippen LogP contribution in [0.5, 0.6) is 0 Å². The fourth-order valence-electron chi connectivity index (χ4n) is 2.32. The Morgan fingerprint density at radius 3 is 2.86 bits per heavy atom. The number of carbonyl (C=O) groups is 3. The second-order valence-electron chi connectivity index (χ2n) is 4.86. The molecule has 2 heterocycles. The summed E-state index contributed by atoms with van der Waals surface area (Å²) in [4.78, 5) is 35.5. The van der Waals surface area contributed by atoms with E-state index in [1.807, 2.05) is 0 Å². The Labute approximate surface area is 120 Å². The monoisotopic (exact) mass is 295 g/mol. The highest BCUT2D eigenvalue weighted by molar-refractivity contribution is 5.93. The molecule has 9 nitrogen and oxygen atoms in total. The fourth-order valence-corrected chi connectivity index (χ4v) is 2.32. The minimum atomic E-state index is -1.03. The molecule has 1 unspecified atom stereocenters. The summed E-state index contributed by atoms with van der Waals surface area (Å²) in [6.45, 7) is 0.173. The summed E-state index contributed by atoms with van der Waals surface area (Å²) in [6, 6.07) is -1.04. The van der Waals surface area contributed by atoms with E-state index in [1.54, 1.807) is 0 Å². The van der Waals surface area contributed by atoms with Crippen molar-refractivity contribution in [3.8, 4) is 0 Å². The van der Waals surface area contributed by atoms with Gasteiger partial charge in [0, 0.05) is 12.7 Å². The first kappa shape index (κ1) is 14.8. The highest BCUT2D eigenvalue weighted by atomic mass is 16.4. The first-order valence-corrected chi connectivity index (χ1v) is 6.58. The lowest BCUT2D eigenvalue weighted by atomic mass is 10.0. The number of piperidine rings is 1. The lowest BCUT2D eigenvalue weighted by molar-refractivity contribution is -0.137. The minimum absolute atomic E-state index is 0.288. The topological polar surface area (TPSA) is 131 Å². The number of hydrogen-bond donors (Lipinski definition) is 3. The molecule has 0 radical (unpaired) electrons. The van der Waals surface area contributed by atoms with Gasteiger partial charge in [-0.25, -0.2) is 4.79 Å². The van der Waals surface area contributed by atoms with Crippen LogP contribution in [0.1, 0.15) is 19.3 Å². The Morgan fingerprint density at radius 2 is 2.19 bits per heavy atom. The second kappa shape index (κ2) is 6.25. The quantitative estimate of drug-likeness (QED) is 0.710.